The normalized spacial score (nSPS) is 22.3. The van der Waals surface area contributed by atoms with Gasteiger partial charge in [-0.3, -0.25) is 0 Å². The Hall–Kier alpha value is -3.06. The summed E-state index contributed by atoms with van der Waals surface area (Å²) in [5.41, 5.74) is 3.31. The van der Waals surface area contributed by atoms with Gasteiger partial charge in [-0.2, -0.15) is 0 Å². The Labute approximate surface area is 232 Å². The van der Waals surface area contributed by atoms with Gasteiger partial charge in [0.15, 0.2) is 6.61 Å². The number of ether oxygens (including phenoxy) is 3. The fraction of sp³-hybridized carbons (Fsp3) is 0.562. The summed E-state index contributed by atoms with van der Waals surface area (Å²) in [6.45, 7) is 2.26. The molecule has 2 N–H and O–H groups in total. The highest BCUT2D eigenvalue weighted by Crippen LogP contribution is 2.48. The van der Waals surface area contributed by atoms with E-state index < -0.39 is 5.97 Å². The summed E-state index contributed by atoms with van der Waals surface area (Å²) in [4.78, 5) is 24.2. The Morgan fingerprint density at radius 1 is 1.05 bits per heavy atom. The van der Waals surface area contributed by atoms with Crippen LogP contribution >= 0.6 is 0 Å². The zero-order chi connectivity index (χ0) is 27.6. The minimum absolute atomic E-state index is 0.125. The Kier molecular flexibility index (Phi) is 10.7. The minimum Gasteiger partial charge on any atom is -0.482 e. The molecule has 2 aliphatic carbocycles. The van der Waals surface area contributed by atoms with Gasteiger partial charge in [0.2, 0.25) is 0 Å². The minimum atomic E-state index is -0.394. The van der Waals surface area contributed by atoms with E-state index in [4.69, 9.17) is 14.2 Å². The molecule has 1 fully saturated rings. The SMILES string of the molecule is CCCCC[C@@H](CC[C@@H]1[C@H]2Cc3cccc(OCC(=O)OCc4ccccc4)c3C[C@H]2C[C@H]1O)OC(=O)NC. The molecule has 212 valence electrons. The Morgan fingerprint density at radius 2 is 1.87 bits per heavy atom. The van der Waals surface area contributed by atoms with Crippen LogP contribution in [-0.4, -0.2) is 43.0 Å². The third kappa shape index (κ3) is 7.98. The quantitative estimate of drug-likeness (QED) is 0.255. The molecule has 1 amide bonds. The lowest BCUT2D eigenvalue weighted by Gasteiger charge is -2.32. The van der Waals surface area contributed by atoms with Gasteiger partial charge in [-0.05, 0) is 85.5 Å². The lowest BCUT2D eigenvalue weighted by atomic mass is 9.73. The molecular formula is C32H43NO6. The zero-order valence-corrected chi connectivity index (χ0v) is 23.3. The van der Waals surface area contributed by atoms with E-state index in [9.17, 15) is 14.7 Å². The molecule has 0 aliphatic heterocycles. The van der Waals surface area contributed by atoms with E-state index in [0.717, 1.165) is 74.7 Å². The van der Waals surface area contributed by atoms with Crippen molar-refractivity contribution in [2.75, 3.05) is 13.7 Å². The molecule has 7 nitrogen and oxygen atoms in total. The molecule has 4 rings (SSSR count). The second-order valence-corrected chi connectivity index (χ2v) is 11.0. The maximum absolute atomic E-state index is 12.3. The van der Waals surface area contributed by atoms with Gasteiger partial charge in [0.1, 0.15) is 18.5 Å². The lowest BCUT2D eigenvalue weighted by Crippen LogP contribution is -2.30. The molecular weight excluding hydrogens is 494 g/mol. The topological polar surface area (TPSA) is 94.1 Å². The number of carbonyl (C=O) groups is 2. The first-order chi connectivity index (χ1) is 19.0. The largest absolute Gasteiger partial charge is 0.482 e. The standard InChI is InChI=1S/C32H43NO6/c1-3-4-6-13-25(39-32(36)33-2)15-16-26-27-17-23-12-9-14-30(28(23)18-24(27)19-29(26)34)37-21-31(35)38-20-22-10-7-5-8-11-22/h5,7-12,14,24-27,29,34H,3-4,6,13,15-21H2,1-2H3,(H,33,36)/t24-,25-,26+,27-,29+/m0/s1. The molecule has 39 heavy (non-hydrogen) atoms. The van der Waals surface area contributed by atoms with Crippen molar-refractivity contribution in [1.29, 1.82) is 0 Å². The predicted molar refractivity (Wildman–Crippen MR) is 149 cm³/mol. The van der Waals surface area contributed by atoms with Crippen LogP contribution in [0.4, 0.5) is 4.79 Å². The van der Waals surface area contributed by atoms with Gasteiger partial charge in [-0.15, -0.1) is 0 Å². The molecule has 0 unspecified atom stereocenters. The Morgan fingerprint density at radius 3 is 2.64 bits per heavy atom. The predicted octanol–water partition coefficient (Wildman–Crippen LogP) is 5.61. The number of fused-ring (bicyclic) bond motifs is 2. The number of nitrogens with one attached hydrogen (secondary N) is 1. The monoisotopic (exact) mass is 537 g/mol. The van der Waals surface area contributed by atoms with E-state index in [1.165, 1.54) is 5.56 Å². The van der Waals surface area contributed by atoms with Crippen LogP contribution in [0.1, 0.15) is 68.6 Å². The van der Waals surface area contributed by atoms with Gasteiger partial charge in [0.25, 0.3) is 0 Å². The van der Waals surface area contributed by atoms with Crippen LogP contribution < -0.4 is 10.1 Å². The molecule has 0 spiro atoms. The molecule has 7 heteroatoms. The molecule has 0 saturated heterocycles. The number of rotatable bonds is 13. The van der Waals surface area contributed by atoms with Crippen molar-refractivity contribution in [2.24, 2.45) is 17.8 Å². The molecule has 2 aromatic carbocycles. The van der Waals surface area contributed by atoms with E-state index in [-0.39, 0.29) is 37.4 Å². The maximum Gasteiger partial charge on any atom is 0.407 e. The Bertz CT molecular complexity index is 1070. The number of aliphatic hydroxyl groups excluding tert-OH is 1. The van der Waals surface area contributed by atoms with Gasteiger partial charge in [0.05, 0.1) is 6.10 Å². The molecule has 0 bridgehead atoms. The summed E-state index contributed by atoms with van der Waals surface area (Å²) >= 11 is 0. The first-order valence-corrected chi connectivity index (χ1v) is 14.5. The van der Waals surface area contributed by atoms with Crippen LogP contribution in [0.25, 0.3) is 0 Å². The molecule has 0 aromatic heterocycles. The van der Waals surface area contributed by atoms with E-state index in [1.807, 2.05) is 42.5 Å². The number of alkyl carbamates (subject to hydrolysis) is 1. The van der Waals surface area contributed by atoms with Crippen LogP contribution in [-0.2, 0) is 33.7 Å². The summed E-state index contributed by atoms with van der Waals surface area (Å²) in [6.07, 6.45) is 7.35. The van der Waals surface area contributed by atoms with Crippen LogP contribution in [0.15, 0.2) is 48.5 Å². The first kappa shape index (κ1) is 28.9. The highest BCUT2D eigenvalue weighted by atomic mass is 16.6. The number of esters is 1. The van der Waals surface area contributed by atoms with Crippen molar-refractivity contribution in [2.45, 2.75) is 83.5 Å². The van der Waals surface area contributed by atoms with Crippen molar-refractivity contribution in [3.8, 4) is 5.75 Å². The molecule has 0 radical (unpaired) electrons. The number of unbranched alkanes of at least 4 members (excludes halogenated alkanes) is 2. The maximum atomic E-state index is 12.3. The summed E-state index contributed by atoms with van der Waals surface area (Å²) in [6, 6.07) is 15.6. The van der Waals surface area contributed by atoms with Crippen molar-refractivity contribution in [3.63, 3.8) is 0 Å². The Balaban J connectivity index is 1.34. The number of hydrogen-bond donors (Lipinski definition) is 2. The average Bonchev–Trinajstić information content (AvgIpc) is 3.26. The van der Waals surface area contributed by atoms with Crippen molar-refractivity contribution < 1.29 is 28.9 Å². The summed E-state index contributed by atoms with van der Waals surface area (Å²) in [5, 5.41) is 13.6. The fourth-order valence-corrected chi connectivity index (χ4v) is 6.33. The van der Waals surface area contributed by atoms with Crippen LogP contribution in [0.3, 0.4) is 0 Å². The van der Waals surface area contributed by atoms with Crippen molar-refractivity contribution >= 4 is 12.1 Å². The zero-order valence-electron chi connectivity index (χ0n) is 23.3. The lowest BCUT2D eigenvalue weighted by molar-refractivity contribution is -0.147. The smallest absolute Gasteiger partial charge is 0.407 e. The molecule has 2 aliphatic rings. The van der Waals surface area contributed by atoms with Crippen molar-refractivity contribution in [1.82, 2.24) is 5.32 Å². The molecule has 0 heterocycles. The highest BCUT2D eigenvalue weighted by Gasteiger charge is 2.45. The third-order valence-corrected chi connectivity index (χ3v) is 8.36. The van der Waals surface area contributed by atoms with Gasteiger partial charge in [-0.1, -0.05) is 62.2 Å². The first-order valence-electron chi connectivity index (χ1n) is 14.5. The highest BCUT2D eigenvalue weighted by molar-refractivity contribution is 5.71. The average molecular weight is 538 g/mol. The second kappa shape index (κ2) is 14.4. The number of carbonyl (C=O) groups excluding carboxylic acids is 2. The van der Waals surface area contributed by atoms with Gasteiger partial charge >= 0.3 is 12.1 Å². The summed E-state index contributed by atoms with van der Waals surface area (Å²) in [5.74, 6) is 1.27. The number of aliphatic hydroxyl groups is 1. The number of benzene rings is 2. The third-order valence-electron chi connectivity index (χ3n) is 8.36. The van der Waals surface area contributed by atoms with Gasteiger partial charge in [-0.25, -0.2) is 9.59 Å². The van der Waals surface area contributed by atoms with E-state index in [1.54, 1.807) is 7.05 Å². The van der Waals surface area contributed by atoms with Crippen LogP contribution in [0.5, 0.6) is 5.75 Å². The van der Waals surface area contributed by atoms with Gasteiger partial charge in [0, 0.05) is 7.05 Å². The molecule has 2 aromatic rings. The fourth-order valence-electron chi connectivity index (χ4n) is 6.33. The molecule has 5 atom stereocenters. The van der Waals surface area contributed by atoms with Crippen molar-refractivity contribution in [3.05, 3.63) is 65.2 Å². The van der Waals surface area contributed by atoms with E-state index in [2.05, 4.69) is 18.3 Å². The summed E-state index contributed by atoms with van der Waals surface area (Å²) in [7, 11) is 1.59. The van der Waals surface area contributed by atoms with Crippen LogP contribution in [0.2, 0.25) is 0 Å². The van der Waals surface area contributed by atoms with Crippen LogP contribution in [0, 0.1) is 17.8 Å². The number of amides is 1. The second-order valence-electron chi connectivity index (χ2n) is 11.0. The van der Waals surface area contributed by atoms with E-state index in [0.29, 0.717) is 11.8 Å². The molecule has 1 saturated carbocycles. The summed E-state index contributed by atoms with van der Waals surface area (Å²) < 4.78 is 17.0. The van der Waals surface area contributed by atoms with Gasteiger partial charge < -0.3 is 24.6 Å². The number of hydrogen-bond acceptors (Lipinski definition) is 6. The van der Waals surface area contributed by atoms with E-state index >= 15 is 0 Å².